The van der Waals surface area contributed by atoms with Crippen LogP contribution in [0, 0.1) is 17.3 Å². The van der Waals surface area contributed by atoms with Crippen molar-refractivity contribution in [2.24, 2.45) is 17.3 Å². The SMILES string of the molecule is CC(C)CC(C)(C)C1C=CC(OCCCO)=CC1. The van der Waals surface area contributed by atoms with Crippen molar-refractivity contribution < 1.29 is 9.84 Å². The molecular formula is C16H28O2. The quantitative estimate of drug-likeness (QED) is 0.696. The lowest BCUT2D eigenvalue weighted by atomic mass is 9.71. The van der Waals surface area contributed by atoms with Crippen molar-refractivity contribution in [2.75, 3.05) is 13.2 Å². The van der Waals surface area contributed by atoms with Gasteiger partial charge in [-0.1, -0.05) is 33.8 Å². The van der Waals surface area contributed by atoms with E-state index >= 15 is 0 Å². The number of hydrogen-bond donors (Lipinski definition) is 1. The molecule has 1 aliphatic carbocycles. The van der Waals surface area contributed by atoms with E-state index in [1.165, 1.54) is 6.42 Å². The molecule has 1 atom stereocenters. The van der Waals surface area contributed by atoms with Crippen LogP contribution < -0.4 is 0 Å². The van der Waals surface area contributed by atoms with Gasteiger partial charge in [-0.2, -0.15) is 0 Å². The fourth-order valence-corrected chi connectivity index (χ4v) is 2.75. The van der Waals surface area contributed by atoms with Crippen LogP contribution in [0.25, 0.3) is 0 Å². The van der Waals surface area contributed by atoms with Crippen LogP contribution in [0.4, 0.5) is 0 Å². The minimum absolute atomic E-state index is 0.195. The van der Waals surface area contributed by atoms with Gasteiger partial charge in [0.1, 0.15) is 5.76 Å². The van der Waals surface area contributed by atoms with E-state index in [0.717, 1.165) is 18.1 Å². The summed E-state index contributed by atoms with van der Waals surface area (Å²) >= 11 is 0. The Morgan fingerprint density at radius 2 is 2.17 bits per heavy atom. The van der Waals surface area contributed by atoms with E-state index in [4.69, 9.17) is 9.84 Å². The zero-order valence-electron chi connectivity index (χ0n) is 12.3. The maximum atomic E-state index is 8.71. The van der Waals surface area contributed by atoms with E-state index in [2.05, 4.69) is 45.9 Å². The van der Waals surface area contributed by atoms with Crippen molar-refractivity contribution in [2.45, 2.75) is 47.0 Å². The van der Waals surface area contributed by atoms with Gasteiger partial charge < -0.3 is 9.84 Å². The van der Waals surface area contributed by atoms with Crippen molar-refractivity contribution in [3.8, 4) is 0 Å². The van der Waals surface area contributed by atoms with Crippen molar-refractivity contribution in [1.29, 1.82) is 0 Å². The van der Waals surface area contributed by atoms with Gasteiger partial charge in [0.15, 0.2) is 0 Å². The van der Waals surface area contributed by atoms with E-state index in [9.17, 15) is 0 Å². The Bertz CT molecular complexity index is 300. The lowest BCUT2D eigenvalue weighted by Crippen LogP contribution is -2.25. The summed E-state index contributed by atoms with van der Waals surface area (Å²) in [5.74, 6) is 2.30. The third-order valence-electron chi connectivity index (χ3n) is 3.58. The topological polar surface area (TPSA) is 29.5 Å². The molecule has 1 aliphatic rings. The normalized spacial score (nSPS) is 20.1. The Kier molecular flexibility index (Phi) is 5.94. The minimum atomic E-state index is 0.195. The summed E-state index contributed by atoms with van der Waals surface area (Å²) in [7, 11) is 0. The molecule has 0 spiro atoms. The highest BCUT2D eigenvalue weighted by Crippen LogP contribution is 2.39. The maximum absolute atomic E-state index is 8.71. The van der Waals surface area contributed by atoms with Crippen LogP contribution in [0.2, 0.25) is 0 Å². The van der Waals surface area contributed by atoms with Gasteiger partial charge in [-0.05, 0) is 42.2 Å². The number of hydrogen-bond acceptors (Lipinski definition) is 2. The summed E-state index contributed by atoms with van der Waals surface area (Å²) in [6, 6.07) is 0. The van der Waals surface area contributed by atoms with Gasteiger partial charge in [-0.3, -0.25) is 0 Å². The summed E-state index contributed by atoms with van der Waals surface area (Å²) in [5, 5.41) is 8.71. The molecule has 1 N–H and O–H groups in total. The van der Waals surface area contributed by atoms with Gasteiger partial charge in [0, 0.05) is 13.0 Å². The highest BCUT2D eigenvalue weighted by molar-refractivity contribution is 5.19. The summed E-state index contributed by atoms with van der Waals surface area (Å²) in [5.41, 5.74) is 0.345. The molecule has 18 heavy (non-hydrogen) atoms. The third-order valence-corrected chi connectivity index (χ3v) is 3.58. The molecule has 2 nitrogen and oxygen atoms in total. The lowest BCUT2D eigenvalue weighted by molar-refractivity contribution is 0.174. The molecular weight excluding hydrogens is 224 g/mol. The Labute approximate surface area is 112 Å². The molecule has 0 fully saturated rings. The van der Waals surface area contributed by atoms with Crippen LogP contribution in [-0.4, -0.2) is 18.3 Å². The van der Waals surface area contributed by atoms with E-state index in [1.807, 2.05) is 0 Å². The van der Waals surface area contributed by atoms with Crippen molar-refractivity contribution in [3.05, 3.63) is 24.0 Å². The monoisotopic (exact) mass is 252 g/mol. The van der Waals surface area contributed by atoms with E-state index in [-0.39, 0.29) is 6.61 Å². The van der Waals surface area contributed by atoms with Crippen molar-refractivity contribution in [1.82, 2.24) is 0 Å². The van der Waals surface area contributed by atoms with E-state index in [0.29, 0.717) is 24.4 Å². The summed E-state index contributed by atoms with van der Waals surface area (Å²) in [4.78, 5) is 0. The van der Waals surface area contributed by atoms with Gasteiger partial charge in [0.2, 0.25) is 0 Å². The minimum Gasteiger partial charge on any atom is -0.494 e. The predicted molar refractivity (Wildman–Crippen MR) is 76.2 cm³/mol. The Hall–Kier alpha value is -0.760. The Morgan fingerprint density at radius 1 is 1.44 bits per heavy atom. The first-order valence-corrected chi connectivity index (χ1v) is 7.07. The number of allylic oxidation sites excluding steroid dienone is 3. The number of aliphatic hydroxyl groups is 1. The fraction of sp³-hybridized carbons (Fsp3) is 0.750. The molecule has 0 aromatic carbocycles. The smallest absolute Gasteiger partial charge is 0.115 e. The predicted octanol–water partition coefficient (Wildman–Crippen LogP) is 3.92. The van der Waals surface area contributed by atoms with Crippen molar-refractivity contribution >= 4 is 0 Å². The average Bonchev–Trinajstić information content (AvgIpc) is 2.28. The second kappa shape index (κ2) is 6.98. The number of rotatable bonds is 7. The largest absolute Gasteiger partial charge is 0.494 e. The molecule has 0 amide bonds. The van der Waals surface area contributed by atoms with Crippen LogP contribution in [0.1, 0.15) is 47.0 Å². The molecule has 0 heterocycles. The molecule has 0 aromatic rings. The Morgan fingerprint density at radius 3 is 2.67 bits per heavy atom. The average molecular weight is 252 g/mol. The highest BCUT2D eigenvalue weighted by atomic mass is 16.5. The lowest BCUT2D eigenvalue weighted by Gasteiger charge is -2.35. The van der Waals surface area contributed by atoms with Gasteiger partial charge in [-0.25, -0.2) is 0 Å². The summed E-state index contributed by atoms with van der Waals surface area (Å²) in [6.45, 7) is 10.1. The summed E-state index contributed by atoms with van der Waals surface area (Å²) < 4.78 is 5.58. The Balaban J connectivity index is 2.45. The van der Waals surface area contributed by atoms with E-state index < -0.39 is 0 Å². The second-order valence-electron chi connectivity index (χ2n) is 6.32. The molecule has 0 aliphatic heterocycles. The molecule has 2 heteroatoms. The first kappa shape index (κ1) is 15.3. The molecule has 0 bridgehead atoms. The van der Waals surface area contributed by atoms with Crippen LogP contribution in [0.15, 0.2) is 24.0 Å². The molecule has 0 saturated heterocycles. The number of aliphatic hydroxyl groups excluding tert-OH is 1. The standard InChI is InChI=1S/C16H28O2/c1-13(2)12-16(3,4)14-6-8-15(9-7-14)18-11-5-10-17/h6,8-9,13-14,17H,5,7,10-12H2,1-4H3. The van der Waals surface area contributed by atoms with Gasteiger partial charge >= 0.3 is 0 Å². The zero-order valence-corrected chi connectivity index (χ0v) is 12.3. The third kappa shape index (κ3) is 4.85. The van der Waals surface area contributed by atoms with Crippen LogP contribution in [0.3, 0.4) is 0 Å². The first-order chi connectivity index (χ1) is 8.45. The zero-order chi connectivity index (χ0) is 13.6. The van der Waals surface area contributed by atoms with Crippen LogP contribution >= 0.6 is 0 Å². The van der Waals surface area contributed by atoms with Crippen LogP contribution in [0.5, 0.6) is 0 Å². The molecule has 0 radical (unpaired) electrons. The van der Waals surface area contributed by atoms with Crippen LogP contribution in [-0.2, 0) is 4.74 Å². The number of ether oxygens (including phenoxy) is 1. The second-order valence-corrected chi connectivity index (χ2v) is 6.32. The van der Waals surface area contributed by atoms with Gasteiger partial charge in [0.25, 0.3) is 0 Å². The molecule has 0 saturated carbocycles. The maximum Gasteiger partial charge on any atom is 0.115 e. The first-order valence-electron chi connectivity index (χ1n) is 7.07. The fourth-order valence-electron chi connectivity index (χ4n) is 2.75. The van der Waals surface area contributed by atoms with Crippen molar-refractivity contribution in [3.63, 3.8) is 0 Å². The summed E-state index contributed by atoms with van der Waals surface area (Å²) in [6.07, 6.45) is 9.57. The molecule has 1 rings (SSSR count). The molecule has 0 aromatic heterocycles. The highest BCUT2D eigenvalue weighted by Gasteiger charge is 2.28. The molecule has 1 unspecified atom stereocenters. The van der Waals surface area contributed by atoms with Gasteiger partial charge in [-0.15, -0.1) is 0 Å². The van der Waals surface area contributed by atoms with E-state index in [1.54, 1.807) is 0 Å². The molecule has 104 valence electrons. The van der Waals surface area contributed by atoms with Gasteiger partial charge in [0.05, 0.1) is 6.61 Å².